The molecule has 124 valence electrons. The van der Waals surface area contributed by atoms with Crippen molar-refractivity contribution in [1.29, 1.82) is 0 Å². The van der Waals surface area contributed by atoms with E-state index in [0.717, 1.165) is 38.3 Å². The normalized spacial score (nSPS) is 23.6. The Labute approximate surface area is 133 Å². The van der Waals surface area contributed by atoms with Gasteiger partial charge in [-0.3, -0.25) is 4.90 Å². The lowest BCUT2D eigenvalue weighted by Gasteiger charge is -2.36. The Morgan fingerprint density at radius 1 is 1.14 bits per heavy atom. The number of methoxy groups -OCH3 is 1. The molecule has 1 aromatic heterocycles. The second-order valence-corrected chi connectivity index (χ2v) is 6.40. The predicted octanol–water partition coefficient (Wildman–Crippen LogP) is 1.33. The van der Waals surface area contributed by atoms with Crippen LogP contribution in [0, 0.1) is 0 Å². The zero-order valence-corrected chi connectivity index (χ0v) is 14.0. The van der Waals surface area contributed by atoms with Gasteiger partial charge in [0.05, 0.1) is 18.3 Å². The summed E-state index contributed by atoms with van der Waals surface area (Å²) in [4.78, 5) is 5.14. The van der Waals surface area contributed by atoms with Crippen LogP contribution in [-0.4, -0.2) is 71.2 Å². The van der Waals surface area contributed by atoms with Crippen LogP contribution in [0.1, 0.15) is 43.6 Å². The van der Waals surface area contributed by atoms with Crippen molar-refractivity contribution in [2.75, 3.05) is 46.4 Å². The van der Waals surface area contributed by atoms with Crippen molar-refractivity contribution in [2.45, 2.75) is 45.2 Å². The number of ether oxygens (including phenoxy) is 1. The lowest BCUT2D eigenvalue weighted by atomic mass is 10.0. The quantitative estimate of drug-likeness (QED) is 0.793. The number of hydrogen-bond acceptors (Lipinski definition) is 5. The Bertz CT molecular complexity index is 469. The van der Waals surface area contributed by atoms with Crippen molar-refractivity contribution in [3.8, 4) is 0 Å². The van der Waals surface area contributed by atoms with E-state index in [1.54, 1.807) is 7.11 Å². The van der Waals surface area contributed by atoms with E-state index in [4.69, 9.17) is 4.74 Å². The molecule has 0 aromatic carbocycles. The zero-order valence-electron chi connectivity index (χ0n) is 14.0. The van der Waals surface area contributed by atoms with Gasteiger partial charge in [-0.15, -0.1) is 5.10 Å². The molecule has 0 radical (unpaired) electrons. The van der Waals surface area contributed by atoms with E-state index in [0.29, 0.717) is 6.61 Å². The summed E-state index contributed by atoms with van der Waals surface area (Å²) in [6.45, 7) is 9.61. The number of piperidine rings is 1. The fraction of sp³-hybridized carbons (Fsp3) is 0.875. The lowest BCUT2D eigenvalue weighted by molar-refractivity contribution is 0.0695. The Morgan fingerprint density at radius 2 is 1.95 bits per heavy atom. The van der Waals surface area contributed by atoms with Crippen LogP contribution >= 0.6 is 0 Å². The second-order valence-electron chi connectivity index (χ2n) is 6.40. The van der Waals surface area contributed by atoms with Gasteiger partial charge in [-0.1, -0.05) is 11.6 Å². The summed E-state index contributed by atoms with van der Waals surface area (Å²) in [5.41, 5.74) is 2.44. The maximum absolute atomic E-state index is 5.47. The molecule has 1 fully saturated rings. The van der Waals surface area contributed by atoms with Crippen LogP contribution in [0.25, 0.3) is 0 Å². The van der Waals surface area contributed by atoms with Crippen molar-refractivity contribution >= 4 is 0 Å². The highest BCUT2D eigenvalue weighted by molar-refractivity contribution is 5.19. The average Bonchev–Trinajstić information content (AvgIpc) is 2.98. The summed E-state index contributed by atoms with van der Waals surface area (Å²) < 4.78 is 7.51. The Hall–Kier alpha value is -0.980. The fourth-order valence-electron chi connectivity index (χ4n) is 3.76. The summed E-state index contributed by atoms with van der Waals surface area (Å²) in [6, 6.07) is 0.263. The van der Waals surface area contributed by atoms with E-state index in [2.05, 4.69) is 27.0 Å². The van der Waals surface area contributed by atoms with Crippen molar-refractivity contribution < 1.29 is 4.74 Å². The van der Waals surface area contributed by atoms with Gasteiger partial charge in [0.2, 0.25) is 0 Å². The van der Waals surface area contributed by atoms with Gasteiger partial charge >= 0.3 is 0 Å². The molecule has 0 saturated carbocycles. The maximum Gasteiger partial charge on any atom is 0.105 e. The fourth-order valence-corrected chi connectivity index (χ4v) is 3.76. The van der Waals surface area contributed by atoms with E-state index in [1.807, 2.05) is 4.68 Å². The van der Waals surface area contributed by atoms with Crippen LogP contribution in [0.3, 0.4) is 0 Å². The molecular formula is C16H29N5O. The average molecular weight is 307 g/mol. The second kappa shape index (κ2) is 7.53. The predicted molar refractivity (Wildman–Crippen MR) is 85.9 cm³/mol. The highest BCUT2D eigenvalue weighted by atomic mass is 16.5. The number of rotatable bonds is 6. The van der Waals surface area contributed by atoms with E-state index >= 15 is 0 Å². The molecule has 1 aromatic rings. The molecule has 0 amide bonds. The summed E-state index contributed by atoms with van der Waals surface area (Å²) in [7, 11) is 1.78. The molecule has 1 saturated heterocycles. The van der Waals surface area contributed by atoms with Crippen LogP contribution in [0.2, 0.25) is 0 Å². The smallest absolute Gasteiger partial charge is 0.105 e. The van der Waals surface area contributed by atoms with Crippen LogP contribution in [-0.2, 0) is 17.7 Å². The van der Waals surface area contributed by atoms with Gasteiger partial charge in [-0.2, -0.15) is 0 Å². The van der Waals surface area contributed by atoms with E-state index in [1.165, 1.54) is 38.0 Å². The van der Waals surface area contributed by atoms with E-state index in [-0.39, 0.29) is 6.04 Å². The van der Waals surface area contributed by atoms with Crippen molar-refractivity contribution in [2.24, 2.45) is 0 Å². The third-order valence-corrected chi connectivity index (χ3v) is 5.04. The maximum atomic E-state index is 5.47. The molecule has 6 nitrogen and oxygen atoms in total. The van der Waals surface area contributed by atoms with Gasteiger partial charge in [0.15, 0.2) is 0 Å². The first-order chi connectivity index (χ1) is 10.8. The van der Waals surface area contributed by atoms with Crippen LogP contribution in [0.15, 0.2) is 0 Å². The summed E-state index contributed by atoms with van der Waals surface area (Å²) in [5.74, 6) is 0. The lowest BCUT2D eigenvalue weighted by Crippen LogP contribution is -2.43. The Morgan fingerprint density at radius 3 is 2.68 bits per heavy atom. The summed E-state index contributed by atoms with van der Waals surface area (Å²) >= 11 is 0. The SMILES string of the molecule is CCn1nnc2c1CCN(CCN1CCCCC1)[C@@H]2COC. The highest BCUT2D eigenvalue weighted by Crippen LogP contribution is 2.28. The molecule has 0 bridgehead atoms. The minimum Gasteiger partial charge on any atom is -0.383 e. The summed E-state index contributed by atoms with van der Waals surface area (Å²) in [5, 5.41) is 8.76. The standard InChI is InChI=1S/C16H29N5O/c1-3-21-14-7-10-20(12-11-19-8-5-4-6-9-19)15(13-22-2)16(14)17-18-21/h15H,3-13H2,1-2H3/t15-/m1/s1. The molecule has 0 unspecified atom stereocenters. The van der Waals surface area contributed by atoms with Crippen LogP contribution in [0.5, 0.6) is 0 Å². The minimum absolute atomic E-state index is 0.263. The molecule has 6 heteroatoms. The van der Waals surface area contributed by atoms with Crippen molar-refractivity contribution in [3.05, 3.63) is 11.4 Å². The van der Waals surface area contributed by atoms with Crippen molar-refractivity contribution in [3.63, 3.8) is 0 Å². The number of likely N-dealkylation sites (tertiary alicyclic amines) is 1. The van der Waals surface area contributed by atoms with Gasteiger partial charge in [0, 0.05) is 39.7 Å². The number of fused-ring (bicyclic) bond motifs is 1. The third kappa shape index (κ3) is 3.34. The molecule has 1 atom stereocenters. The first-order valence-electron chi connectivity index (χ1n) is 8.71. The minimum atomic E-state index is 0.263. The number of aryl methyl sites for hydroxylation is 1. The molecule has 22 heavy (non-hydrogen) atoms. The number of nitrogens with zero attached hydrogens (tertiary/aromatic N) is 5. The first kappa shape index (κ1) is 15.9. The largest absolute Gasteiger partial charge is 0.383 e. The van der Waals surface area contributed by atoms with Gasteiger partial charge in [0.25, 0.3) is 0 Å². The molecular weight excluding hydrogens is 278 g/mol. The third-order valence-electron chi connectivity index (χ3n) is 5.04. The van der Waals surface area contributed by atoms with E-state index in [9.17, 15) is 0 Å². The molecule has 0 N–H and O–H groups in total. The molecule has 0 aliphatic carbocycles. The molecule has 0 spiro atoms. The Balaban J connectivity index is 1.65. The topological polar surface area (TPSA) is 46.4 Å². The first-order valence-corrected chi connectivity index (χ1v) is 8.71. The van der Waals surface area contributed by atoms with Gasteiger partial charge in [0.1, 0.15) is 5.69 Å². The van der Waals surface area contributed by atoms with Gasteiger partial charge in [-0.25, -0.2) is 4.68 Å². The Kier molecular flexibility index (Phi) is 5.44. The monoisotopic (exact) mass is 307 g/mol. The number of hydrogen-bond donors (Lipinski definition) is 0. The molecule has 3 rings (SSSR count). The van der Waals surface area contributed by atoms with Crippen LogP contribution < -0.4 is 0 Å². The van der Waals surface area contributed by atoms with Crippen molar-refractivity contribution in [1.82, 2.24) is 24.8 Å². The highest BCUT2D eigenvalue weighted by Gasteiger charge is 2.31. The van der Waals surface area contributed by atoms with E-state index < -0.39 is 0 Å². The molecule has 2 aliphatic rings. The zero-order chi connectivity index (χ0) is 15.4. The van der Waals surface area contributed by atoms with Crippen LogP contribution in [0.4, 0.5) is 0 Å². The molecule has 3 heterocycles. The summed E-state index contributed by atoms with van der Waals surface area (Å²) in [6.07, 6.45) is 5.17. The van der Waals surface area contributed by atoms with Gasteiger partial charge < -0.3 is 9.64 Å². The number of aromatic nitrogens is 3. The molecule has 2 aliphatic heterocycles. The van der Waals surface area contributed by atoms with Gasteiger partial charge in [-0.05, 0) is 32.9 Å².